The van der Waals surface area contributed by atoms with E-state index in [0.29, 0.717) is 0 Å². The molecular formula is C21H17N3O. The number of benzene rings is 3. The molecule has 122 valence electrons. The zero-order valence-electron chi connectivity index (χ0n) is 13.5. The Labute approximate surface area is 145 Å². The van der Waals surface area contributed by atoms with Crippen molar-refractivity contribution in [1.82, 2.24) is 4.98 Å². The third kappa shape index (κ3) is 3.38. The van der Waals surface area contributed by atoms with Gasteiger partial charge in [-0.1, -0.05) is 42.5 Å². The van der Waals surface area contributed by atoms with Gasteiger partial charge in [0.1, 0.15) is 0 Å². The number of hydrogen-bond donors (Lipinski definition) is 3. The monoisotopic (exact) mass is 327 g/mol. The molecule has 0 saturated heterocycles. The van der Waals surface area contributed by atoms with E-state index >= 15 is 0 Å². The van der Waals surface area contributed by atoms with Crippen LogP contribution in [0.5, 0.6) is 0 Å². The average Bonchev–Trinajstić information content (AvgIpc) is 3.10. The SMILES string of the molecule is O=C(Nc1cccc(-c2ccccc2)c1)Nc1ccc2[nH]ccc2c1. The van der Waals surface area contributed by atoms with Crippen molar-refractivity contribution in [3.63, 3.8) is 0 Å². The molecule has 3 N–H and O–H groups in total. The number of hydrogen-bond acceptors (Lipinski definition) is 1. The molecule has 0 spiro atoms. The van der Waals surface area contributed by atoms with Gasteiger partial charge in [0.05, 0.1) is 0 Å². The molecule has 4 aromatic rings. The fourth-order valence-electron chi connectivity index (χ4n) is 2.83. The predicted octanol–water partition coefficient (Wildman–Crippen LogP) is 5.48. The van der Waals surface area contributed by atoms with E-state index in [1.165, 1.54) is 0 Å². The topological polar surface area (TPSA) is 56.9 Å². The zero-order chi connectivity index (χ0) is 17.1. The summed E-state index contributed by atoms with van der Waals surface area (Å²) in [6.07, 6.45) is 1.88. The van der Waals surface area contributed by atoms with Gasteiger partial charge in [-0.25, -0.2) is 4.79 Å². The first-order valence-electron chi connectivity index (χ1n) is 8.08. The van der Waals surface area contributed by atoms with Gasteiger partial charge in [-0.05, 0) is 47.5 Å². The van der Waals surface area contributed by atoms with Gasteiger partial charge in [0.2, 0.25) is 0 Å². The number of aromatic nitrogens is 1. The maximum atomic E-state index is 12.3. The smallest absolute Gasteiger partial charge is 0.323 e. The maximum Gasteiger partial charge on any atom is 0.323 e. The number of rotatable bonds is 3. The van der Waals surface area contributed by atoms with Crippen molar-refractivity contribution in [3.05, 3.63) is 85.1 Å². The quantitative estimate of drug-likeness (QED) is 0.458. The molecule has 0 saturated carbocycles. The molecule has 0 bridgehead atoms. The van der Waals surface area contributed by atoms with Crippen LogP contribution in [-0.4, -0.2) is 11.0 Å². The van der Waals surface area contributed by atoms with Gasteiger partial charge in [-0.15, -0.1) is 0 Å². The summed E-state index contributed by atoms with van der Waals surface area (Å²) in [5.41, 5.74) is 4.73. The Kier molecular flexibility index (Phi) is 3.92. The largest absolute Gasteiger partial charge is 0.361 e. The van der Waals surface area contributed by atoms with Gasteiger partial charge in [-0.2, -0.15) is 0 Å². The predicted molar refractivity (Wildman–Crippen MR) is 103 cm³/mol. The Hall–Kier alpha value is -3.53. The number of carbonyl (C=O) groups is 1. The molecule has 4 nitrogen and oxygen atoms in total. The standard InChI is InChI=1S/C21H17N3O/c25-21(24-19-9-10-20-17(14-19)11-12-22-20)23-18-8-4-7-16(13-18)15-5-2-1-3-6-15/h1-14,22H,(H2,23,24,25). The number of H-pyrrole nitrogens is 1. The Morgan fingerprint density at radius 3 is 2.32 bits per heavy atom. The van der Waals surface area contributed by atoms with Crippen molar-refractivity contribution in [2.24, 2.45) is 0 Å². The van der Waals surface area contributed by atoms with Crippen molar-refractivity contribution in [3.8, 4) is 11.1 Å². The van der Waals surface area contributed by atoms with E-state index in [0.717, 1.165) is 33.4 Å². The van der Waals surface area contributed by atoms with Crippen LogP contribution in [-0.2, 0) is 0 Å². The lowest BCUT2D eigenvalue weighted by Gasteiger charge is -2.09. The van der Waals surface area contributed by atoms with Gasteiger partial charge in [0, 0.05) is 28.5 Å². The van der Waals surface area contributed by atoms with Gasteiger partial charge >= 0.3 is 6.03 Å². The molecule has 0 fully saturated rings. The highest BCUT2D eigenvalue weighted by Crippen LogP contribution is 2.23. The number of fused-ring (bicyclic) bond motifs is 1. The fourth-order valence-corrected chi connectivity index (χ4v) is 2.83. The first-order chi connectivity index (χ1) is 12.3. The molecule has 1 heterocycles. The summed E-state index contributed by atoms with van der Waals surface area (Å²) < 4.78 is 0. The number of carbonyl (C=O) groups excluding carboxylic acids is 1. The molecule has 4 rings (SSSR count). The van der Waals surface area contributed by atoms with Crippen LogP contribution in [0.4, 0.5) is 16.2 Å². The maximum absolute atomic E-state index is 12.3. The summed E-state index contributed by atoms with van der Waals surface area (Å²) in [4.78, 5) is 15.4. The Bertz CT molecular complexity index is 1020. The molecule has 0 aliphatic rings. The molecule has 0 radical (unpaired) electrons. The highest BCUT2D eigenvalue weighted by Gasteiger charge is 2.05. The first-order valence-corrected chi connectivity index (χ1v) is 8.08. The van der Waals surface area contributed by atoms with Crippen LogP contribution in [0.1, 0.15) is 0 Å². The summed E-state index contributed by atoms with van der Waals surface area (Å²) >= 11 is 0. The van der Waals surface area contributed by atoms with E-state index in [1.54, 1.807) is 0 Å². The summed E-state index contributed by atoms with van der Waals surface area (Å²) in [6, 6.07) is 25.3. The third-order valence-electron chi connectivity index (χ3n) is 4.04. The van der Waals surface area contributed by atoms with Crippen LogP contribution in [0.3, 0.4) is 0 Å². The minimum absolute atomic E-state index is 0.264. The van der Waals surface area contributed by atoms with Crippen molar-refractivity contribution >= 4 is 28.3 Å². The number of urea groups is 1. The highest BCUT2D eigenvalue weighted by atomic mass is 16.2. The third-order valence-corrected chi connectivity index (χ3v) is 4.04. The van der Waals surface area contributed by atoms with Crippen LogP contribution >= 0.6 is 0 Å². The minimum Gasteiger partial charge on any atom is -0.361 e. The Balaban J connectivity index is 1.49. The lowest BCUT2D eigenvalue weighted by Crippen LogP contribution is -2.19. The molecule has 3 aromatic carbocycles. The van der Waals surface area contributed by atoms with Crippen LogP contribution < -0.4 is 10.6 Å². The first kappa shape index (κ1) is 15.0. The van der Waals surface area contributed by atoms with E-state index in [4.69, 9.17) is 0 Å². The Morgan fingerprint density at radius 2 is 1.48 bits per heavy atom. The molecule has 2 amide bonds. The molecule has 25 heavy (non-hydrogen) atoms. The second-order valence-electron chi connectivity index (χ2n) is 5.81. The summed E-state index contributed by atoms with van der Waals surface area (Å²) in [7, 11) is 0. The van der Waals surface area contributed by atoms with E-state index in [9.17, 15) is 4.79 Å². The molecular weight excluding hydrogens is 310 g/mol. The van der Waals surface area contributed by atoms with Crippen molar-refractivity contribution in [2.45, 2.75) is 0 Å². The number of aromatic amines is 1. The molecule has 0 aliphatic heterocycles. The molecule has 1 aromatic heterocycles. The number of nitrogens with one attached hydrogen (secondary N) is 3. The van der Waals surface area contributed by atoms with Gasteiger partial charge in [0.25, 0.3) is 0 Å². The summed E-state index contributed by atoms with van der Waals surface area (Å²) in [5.74, 6) is 0. The summed E-state index contributed by atoms with van der Waals surface area (Å²) in [5, 5.41) is 6.81. The second kappa shape index (κ2) is 6.53. The van der Waals surface area contributed by atoms with Crippen LogP contribution in [0, 0.1) is 0 Å². The minimum atomic E-state index is -0.264. The van der Waals surface area contributed by atoms with Gasteiger partial charge < -0.3 is 15.6 Å². The molecule has 0 unspecified atom stereocenters. The zero-order valence-corrected chi connectivity index (χ0v) is 13.5. The van der Waals surface area contributed by atoms with Crippen molar-refractivity contribution < 1.29 is 4.79 Å². The lowest BCUT2D eigenvalue weighted by molar-refractivity contribution is 0.262. The van der Waals surface area contributed by atoms with Crippen LogP contribution in [0.25, 0.3) is 22.0 Å². The van der Waals surface area contributed by atoms with Crippen LogP contribution in [0.2, 0.25) is 0 Å². The van der Waals surface area contributed by atoms with Crippen molar-refractivity contribution in [2.75, 3.05) is 10.6 Å². The fraction of sp³-hybridized carbons (Fsp3) is 0. The molecule has 0 aliphatic carbocycles. The average molecular weight is 327 g/mol. The van der Waals surface area contributed by atoms with E-state index in [1.807, 2.05) is 85.1 Å². The highest BCUT2D eigenvalue weighted by molar-refractivity contribution is 6.01. The number of amides is 2. The van der Waals surface area contributed by atoms with E-state index in [2.05, 4.69) is 15.6 Å². The molecule has 0 atom stereocenters. The van der Waals surface area contributed by atoms with Crippen LogP contribution in [0.15, 0.2) is 85.1 Å². The Morgan fingerprint density at radius 1 is 0.720 bits per heavy atom. The normalized spacial score (nSPS) is 10.6. The second-order valence-corrected chi connectivity index (χ2v) is 5.81. The molecule has 4 heteroatoms. The van der Waals surface area contributed by atoms with Gasteiger partial charge in [0.15, 0.2) is 0 Å². The lowest BCUT2D eigenvalue weighted by atomic mass is 10.1. The van der Waals surface area contributed by atoms with Gasteiger partial charge in [-0.3, -0.25) is 0 Å². The number of anilines is 2. The summed E-state index contributed by atoms with van der Waals surface area (Å²) in [6.45, 7) is 0. The van der Waals surface area contributed by atoms with E-state index in [-0.39, 0.29) is 6.03 Å². The van der Waals surface area contributed by atoms with E-state index < -0.39 is 0 Å². The van der Waals surface area contributed by atoms with Crippen molar-refractivity contribution in [1.29, 1.82) is 0 Å².